The van der Waals surface area contributed by atoms with Crippen molar-refractivity contribution < 1.29 is 29.3 Å². The number of hydrogen-bond donors (Lipinski definition) is 0. The Bertz CT molecular complexity index is 497. The lowest BCUT2D eigenvalue weighted by molar-refractivity contribution is -0.308. The quantitative estimate of drug-likeness (QED) is 0.536. The fourth-order valence-electron chi connectivity index (χ4n) is 1.99. The molecule has 0 aliphatic carbocycles. The summed E-state index contributed by atoms with van der Waals surface area (Å²) >= 11 is 0. The third-order valence-corrected chi connectivity index (χ3v) is 3.04. The van der Waals surface area contributed by atoms with E-state index >= 15 is 0 Å². The van der Waals surface area contributed by atoms with Crippen molar-refractivity contribution in [1.82, 2.24) is 0 Å². The highest BCUT2D eigenvalue weighted by atomic mass is 16.5. The van der Waals surface area contributed by atoms with Gasteiger partial charge in [0, 0.05) is 6.07 Å². The molecule has 0 aromatic heterocycles. The Labute approximate surface area is 129 Å². The minimum atomic E-state index is -1.33. The highest BCUT2D eigenvalue weighted by molar-refractivity contribution is 5.66. The van der Waals surface area contributed by atoms with Crippen molar-refractivity contribution in [3.05, 3.63) is 23.8 Å². The van der Waals surface area contributed by atoms with E-state index in [1.165, 1.54) is 6.07 Å². The second-order valence-electron chi connectivity index (χ2n) is 4.90. The van der Waals surface area contributed by atoms with Crippen molar-refractivity contribution in [1.29, 1.82) is 0 Å². The average molecular weight is 308 g/mol. The number of unbranched alkanes of at least 4 members (excludes halogenated alkanes) is 3. The minimum absolute atomic E-state index is 0.287. The van der Waals surface area contributed by atoms with Crippen LogP contribution in [0.2, 0.25) is 0 Å². The van der Waals surface area contributed by atoms with E-state index in [0.717, 1.165) is 37.7 Å². The van der Waals surface area contributed by atoms with Gasteiger partial charge in [0.2, 0.25) is 0 Å². The molecular formula is C16H20O6-2. The van der Waals surface area contributed by atoms with E-state index in [-0.39, 0.29) is 5.75 Å². The maximum absolute atomic E-state index is 10.5. The van der Waals surface area contributed by atoms with E-state index < -0.39 is 25.2 Å². The van der Waals surface area contributed by atoms with Gasteiger partial charge >= 0.3 is 0 Å². The molecule has 0 atom stereocenters. The zero-order valence-corrected chi connectivity index (χ0v) is 12.6. The number of hydrogen-bond acceptors (Lipinski definition) is 6. The molecule has 1 rings (SSSR count). The predicted molar refractivity (Wildman–Crippen MR) is 75.3 cm³/mol. The van der Waals surface area contributed by atoms with Crippen LogP contribution in [-0.2, 0) is 16.0 Å². The Morgan fingerprint density at radius 3 is 2.32 bits per heavy atom. The van der Waals surface area contributed by atoms with Crippen molar-refractivity contribution in [3.8, 4) is 11.5 Å². The molecule has 1 aromatic rings. The summed E-state index contributed by atoms with van der Waals surface area (Å²) in [6.45, 7) is 0.986. The second kappa shape index (κ2) is 9.65. The van der Waals surface area contributed by atoms with Gasteiger partial charge in [-0.05, 0) is 24.5 Å². The van der Waals surface area contributed by atoms with E-state index in [1.54, 1.807) is 12.1 Å². The highest BCUT2D eigenvalue weighted by Crippen LogP contribution is 2.26. The summed E-state index contributed by atoms with van der Waals surface area (Å²) in [5.74, 6) is -2.00. The number of aliphatic carboxylic acids is 2. The number of carbonyl (C=O) groups is 2. The van der Waals surface area contributed by atoms with Gasteiger partial charge in [-0.1, -0.05) is 32.3 Å². The Kier molecular flexibility index (Phi) is 7.81. The summed E-state index contributed by atoms with van der Waals surface area (Å²) in [6, 6.07) is 4.87. The number of rotatable bonds is 11. The van der Waals surface area contributed by atoms with E-state index in [2.05, 4.69) is 6.92 Å². The van der Waals surface area contributed by atoms with Gasteiger partial charge in [0.25, 0.3) is 0 Å². The maximum Gasteiger partial charge on any atom is 0.128 e. The summed E-state index contributed by atoms with van der Waals surface area (Å²) in [6.07, 6.45) is 5.07. The fourth-order valence-corrected chi connectivity index (χ4v) is 1.99. The summed E-state index contributed by atoms with van der Waals surface area (Å²) in [5.41, 5.74) is 0.859. The van der Waals surface area contributed by atoms with Crippen LogP contribution in [0.4, 0.5) is 0 Å². The van der Waals surface area contributed by atoms with Gasteiger partial charge < -0.3 is 29.3 Å². The minimum Gasteiger partial charge on any atom is -0.546 e. The van der Waals surface area contributed by atoms with Crippen LogP contribution in [0.1, 0.15) is 38.2 Å². The lowest BCUT2D eigenvalue weighted by Gasteiger charge is -2.14. The second-order valence-corrected chi connectivity index (χ2v) is 4.90. The van der Waals surface area contributed by atoms with Gasteiger partial charge in [-0.25, -0.2) is 0 Å². The monoisotopic (exact) mass is 308 g/mol. The van der Waals surface area contributed by atoms with Crippen LogP contribution < -0.4 is 19.7 Å². The van der Waals surface area contributed by atoms with Gasteiger partial charge in [0.15, 0.2) is 0 Å². The summed E-state index contributed by atoms with van der Waals surface area (Å²) in [4.78, 5) is 20.9. The standard InChI is InChI=1S/C16H22O6/c1-2-3-4-5-6-12-7-8-13(21-10-15(17)18)9-14(12)22-11-16(19)20/h7-9H,2-6,10-11H2,1H3,(H,17,18)(H,19,20)/p-2. The molecule has 6 heteroatoms. The third-order valence-electron chi connectivity index (χ3n) is 3.04. The number of ether oxygens (including phenoxy) is 2. The Hall–Kier alpha value is -2.24. The molecule has 22 heavy (non-hydrogen) atoms. The molecule has 0 N–H and O–H groups in total. The molecule has 0 saturated heterocycles. The molecule has 0 radical (unpaired) electrons. The topological polar surface area (TPSA) is 98.7 Å². The normalized spacial score (nSPS) is 10.2. The predicted octanol–water partition coefficient (Wildman–Crippen LogP) is 0.0668. The molecular weight excluding hydrogens is 288 g/mol. The summed E-state index contributed by atoms with van der Waals surface area (Å²) in [7, 11) is 0. The van der Waals surface area contributed by atoms with Crippen molar-refractivity contribution >= 4 is 11.9 Å². The number of carbonyl (C=O) groups excluding carboxylic acids is 2. The number of carboxylic acids is 2. The van der Waals surface area contributed by atoms with Gasteiger partial charge in [-0.2, -0.15) is 0 Å². The van der Waals surface area contributed by atoms with Crippen LogP contribution in [0.3, 0.4) is 0 Å². The van der Waals surface area contributed by atoms with Crippen molar-refractivity contribution in [2.75, 3.05) is 13.2 Å². The van der Waals surface area contributed by atoms with Gasteiger partial charge in [-0.15, -0.1) is 0 Å². The molecule has 0 amide bonds. The lowest BCUT2D eigenvalue weighted by Crippen LogP contribution is -2.29. The van der Waals surface area contributed by atoms with Crippen LogP contribution in [0.25, 0.3) is 0 Å². The smallest absolute Gasteiger partial charge is 0.128 e. The van der Waals surface area contributed by atoms with Crippen molar-refractivity contribution in [2.24, 2.45) is 0 Å². The maximum atomic E-state index is 10.5. The van der Waals surface area contributed by atoms with Crippen LogP contribution in [0, 0.1) is 0 Å². The molecule has 1 aromatic carbocycles. The van der Waals surface area contributed by atoms with Gasteiger partial charge in [0.05, 0.1) is 11.9 Å². The van der Waals surface area contributed by atoms with Crippen LogP contribution >= 0.6 is 0 Å². The summed E-state index contributed by atoms with van der Waals surface area (Å²) < 4.78 is 10.2. The Morgan fingerprint density at radius 2 is 1.68 bits per heavy atom. The molecule has 0 unspecified atom stereocenters. The van der Waals surface area contributed by atoms with Crippen molar-refractivity contribution in [3.63, 3.8) is 0 Å². The zero-order chi connectivity index (χ0) is 16.4. The van der Waals surface area contributed by atoms with Crippen LogP contribution in [0.15, 0.2) is 18.2 Å². The van der Waals surface area contributed by atoms with E-state index in [9.17, 15) is 19.8 Å². The first kappa shape index (κ1) is 17.8. The number of benzene rings is 1. The van der Waals surface area contributed by atoms with Crippen molar-refractivity contribution in [2.45, 2.75) is 39.0 Å². The Balaban J connectivity index is 2.74. The third kappa shape index (κ3) is 6.97. The highest BCUT2D eigenvalue weighted by Gasteiger charge is 2.07. The van der Waals surface area contributed by atoms with Crippen LogP contribution in [0.5, 0.6) is 11.5 Å². The van der Waals surface area contributed by atoms with E-state index in [1.807, 2.05) is 0 Å². The molecule has 0 aliphatic heterocycles. The molecule has 0 spiro atoms. The number of aryl methyl sites for hydroxylation is 1. The van der Waals surface area contributed by atoms with E-state index in [4.69, 9.17) is 9.47 Å². The molecule has 6 nitrogen and oxygen atoms in total. The Morgan fingerprint density at radius 1 is 1.00 bits per heavy atom. The first-order valence-electron chi connectivity index (χ1n) is 7.31. The van der Waals surface area contributed by atoms with E-state index in [0.29, 0.717) is 5.75 Å². The molecule has 0 aliphatic rings. The van der Waals surface area contributed by atoms with Gasteiger partial charge in [-0.3, -0.25) is 0 Å². The molecule has 0 bridgehead atoms. The number of carboxylic acid groups (broad SMARTS) is 2. The van der Waals surface area contributed by atoms with Gasteiger partial charge in [0.1, 0.15) is 24.7 Å². The molecule has 0 heterocycles. The molecule has 0 saturated carbocycles. The zero-order valence-electron chi connectivity index (χ0n) is 12.6. The first-order chi connectivity index (χ1) is 10.5. The average Bonchev–Trinajstić information content (AvgIpc) is 2.48. The largest absolute Gasteiger partial charge is 0.546 e. The molecule has 0 fully saturated rings. The lowest BCUT2D eigenvalue weighted by atomic mass is 10.1. The van der Waals surface area contributed by atoms with Crippen LogP contribution in [-0.4, -0.2) is 25.2 Å². The SMILES string of the molecule is CCCCCCc1ccc(OCC(=O)[O-])cc1OCC(=O)[O-]. The summed E-state index contributed by atoms with van der Waals surface area (Å²) in [5, 5.41) is 20.9. The molecule has 122 valence electrons. The first-order valence-corrected chi connectivity index (χ1v) is 7.31. The fraction of sp³-hybridized carbons (Fsp3) is 0.500.